The number of halogens is 1. The number of benzene rings is 1. The molecule has 0 spiro atoms. The molecule has 5 heteroatoms. The molecule has 1 N–H and O–H groups in total. The van der Waals surface area contributed by atoms with Crippen LogP contribution in [0.2, 0.25) is 0 Å². The van der Waals surface area contributed by atoms with E-state index in [1.165, 1.54) is 0 Å². The third-order valence-corrected chi connectivity index (χ3v) is 4.64. The molecular weight excluding hydrogens is 302 g/mol. The van der Waals surface area contributed by atoms with Gasteiger partial charge in [0.1, 0.15) is 0 Å². The number of rotatable bonds is 6. The second kappa shape index (κ2) is 6.52. The van der Waals surface area contributed by atoms with Crippen LogP contribution in [0.25, 0.3) is 0 Å². The molecule has 0 radical (unpaired) electrons. The minimum absolute atomic E-state index is 0.0693. The fraction of sp³-hybridized carbons (Fsp3) is 0.500. The molecule has 1 aromatic rings. The summed E-state index contributed by atoms with van der Waals surface area (Å²) in [5.41, 5.74) is 0. The maximum Gasteiger partial charge on any atom is 0.240 e. The first-order valence-corrected chi connectivity index (χ1v) is 8.19. The van der Waals surface area contributed by atoms with E-state index >= 15 is 0 Å². The van der Waals surface area contributed by atoms with Gasteiger partial charge in [0.05, 0.1) is 4.90 Å². The Morgan fingerprint density at radius 1 is 1.24 bits per heavy atom. The first-order chi connectivity index (χ1) is 7.95. The van der Waals surface area contributed by atoms with Crippen LogP contribution < -0.4 is 4.72 Å². The molecule has 0 heterocycles. The molecule has 96 valence electrons. The predicted octanol–water partition coefficient (Wildman–Crippen LogP) is 2.77. The fourth-order valence-electron chi connectivity index (χ4n) is 1.60. The summed E-state index contributed by atoms with van der Waals surface area (Å²) in [4.78, 5) is 0.315. The summed E-state index contributed by atoms with van der Waals surface area (Å²) in [5, 5.41) is 0.622. The molecule has 3 nitrogen and oxygen atoms in total. The van der Waals surface area contributed by atoms with Crippen LogP contribution in [-0.4, -0.2) is 19.8 Å². The third-order valence-electron chi connectivity index (χ3n) is 2.32. The van der Waals surface area contributed by atoms with Gasteiger partial charge in [-0.3, -0.25) is 0 Å². The minimum atomic E-state index is -3.40. The Morgan fingerprint density at radius 3 is 2.29 bits per heavy atom. The number of alkyl halides is 1. The summed E-state index contributed by atoms with van der Waals surface area (Å²) in [6.07, 6.45) is 0.817. The van der Waals surface area contributed by atoms with Gasteiger partial charge >= 0.3 is 0 Å². The number of sulfonamides is 1. The smallest absolute Gasteiger partial charge is 0.207 e. The molecule has 0 amide bonds. The van der Waals surface area contributed by atoms with E-state index in [-0.39, 0.29) is 6.04 Å². The molecule has 1 atom stereocenters. The van der Waals surface area contributed by atoms with Gasteiger partial charge in [0, 0.05) is 11.4 Å². The summed E-state index contributed by atoms with van der Waals surface area (Å²) < 4.78 is 26.8. The average molecular weight is 320 g/mol. The van der Waals surface area contributed by atoms with Crippen molar-refractivity contribution in [3.63, 3.8) is 0 Å². The number of hydrogen-bond donors (Lipinski definition) is 1. The van der Waals surface area contributed by atoms with Gasteiger partial charge in [-0.15, -0.1) is 0 Å². The molecule has 0 saturated carbocycles. The standard InChI is InChI=1S/C12H18BrNO2S/c1-10(2)8-11(9-13)14-17(15,16)12-6-4-3-5-7-12/h3-7,10-11,14H,8-9H2,1-2H3. The van der Waals surface area contributed by atoms with Gasteiger partial charge in [-0.2, -0.15) is 0 Å². The minimum Gasteiger partial charge on any atom is -0.207 e. The van der Waals surface area contributed by atoms with Crippen LogP contribution in [0.15, 0.2) is 35.2 Å². The Balaban J connectivity index is 2.79. The maximum atomic E-state index is 12.1. The van der Waals surface area contributed by atoms with Crippen molar-refractivity contribution in [1.29, 1.82) is 0 Å². The SMILES string of the molecule is CC(C)CC(CBr)NS(=O)(=O)c1ccccc1. The van der Waals surface area contributed by atoms with Crippen LogP contribution in [-0.2, 0) is 10.0 Å². The van der Waals surface area contributed by atoms with E-state index in [1.807, 2.05) is 0 Å². The highest BCUT2D eigenvalue weighted by Crippen LogP contribution is 2.12. The molecule has 1 aromatic carbocycles. The van der Waals surface area contributed by atoms with E-state index in [0.29, 0.717) is 16.1 Å². The van der Waals surface area contributed by atoms with Crippen molar-refractivity contribution in [3.05, 3.63) is 30.3 Å². The molecular formula is C12H18BrNO2S. The summed E-state index contributed by atoms with van der Waals surface area (Å²) in [5.74, 6) is 0.455. The molecule has 0 aromatic heterocycles. The fourth-order valence-corrected chi connectivity index (χ4v) is 3.51. The van der Waals surface area contributed by atoms with Gasteiger partial charge in [-0.1, -0.05) is 48.0 Å². The number of nitrogens with one attached hydrogen (secondary N) is 1. The highest BCUT2D eigenvalue weighted by atomic mass is 79.9. The Labute approximate surface area is 112 Å². The van der Waals surface area contributed by atoms with Gasteiger partial charge in [-0.25, -0.2) is 13.1 Å². The van der Waals surface area contributed by atoms with E-state index in [1.54, 1.807) is 30.3 Å². The lowest BCUT2D eigenvalue weighted by Gasteiger charge is -2.18. The molecule has 0 saturated heterocycles. The van der Waals surface area contributed by atoms with Crippen molar-refractivity contribution < 1.29 is 8.42 Å². The van der Waals surface area contributed by atoms with E-state index in [9.17, 15) is 8.42 Å². The third kappa shape index (κ3) is 4.77. The Morgan fingerprint density at radius 2 is 1.82 bits per heavy atom. The van der Waals surface area contributed by atoms with Gasteiger partial charge in [0.15, 0.2) is 0 Å². The van der Waals surface area contributed by atoms with Crippen molar-refractivity contribution in [2.45, 2.75) is 31.2 Å². The van der Waals surface area contributed by atoms with Crippen molar-refractivity contribution in [1.82, 2.24) is 4.72 Å². The molecule has 0 aliphatic carbocycles. The van der Waals surface area contributed by atoms with Crippen LogP contribution in [0.3, 0.4) is 0 Å². The van der Waals surface area contributed by atoms with Crippen LogP contribution >= 0.6 is 15.9 Å². The van der Waals surface area contributed by atoms with E-state index in [0.717, 1.165) is 6.42 Å². The highest BCUT2D eigenvalue weighted by Gasteiger charge is 2.19. The molecule has 17 heavy (non-hydrogen) atoms. The van der Waals surface area contributed by atoms with Crippen LogP contribution in [0.4, 0.5) is 0 Å². The monoisotopic (exact) mass is 319 g/mol. The average Bonchev–Trinajstić information content (AvgIpc) is 2.28. The molecule has 1 rings (SSSR count). The Bertz CT molecular complexity index is 431. The summed E-state index contributed by atoms with van der Waals surface area (Å²) >= 11 is 3.34. The van der Waals surface area contributed by atoms with E-state index in [2.05, 4.69) is 34.5 Å². The zero-order valence-electron chi connectivity index (χ0n) is 10.1. The van der Waals surface area contributed by atoms with Crippen LogP contribution in [0.5, 0.6) is 0 Å². The zero-order valence-corrected chi connectivity index (χ0v) is 12.5. The molecule has 0 aliphatic heterocycles. The Kier molecular flexibility index (Phi) is 5.62. The van der Waals surface area contributed by atoms with Gasteiger partial charge < -0.3 is 0 Å². The molecule has 1 unspecified atom stereocenters. The topological polar surface area (TPSA) is 46.2 Å². The van der Waals surface area contributed by atoms with Crippen molar-refractivity contribution in [2.75, 3.05) is 5.33 Å². The van der Waals surface area contributed by atoms with Crippen LogP contribution in [0, 0.1) is 5.92 Å². The van der Waals surface area contributed by atoms with Crippen molar-refractivity contribution in [2.24, 2.45) is 5.92 Å². The number of hydrogen-bond acceptors (Lipinski definition) is 2. The summed E-state index contributed by atoms with van der Waals surface area (Å²) in [7, 11) is -3.40. The summed E-state index contributed by atoms with van der Waals surface area (Å²) in [6, 6.07) is 8.38. The summed E-state index contributed by atoms with van der Waals surface area (Å²) in [6.45, 7) is 4.15. The van der Waals surface area contributed by atoms with E-state index < -0.39 is 10.0 Å². The quantitative estimate of drug-likeness (QED) is 0.819. The molecule has 0 aliphatic rings. The highest BCUT2D eigenvalue weighted by molar-refractivity contribution is 9.09. The molecule has 0 bridgehead atoms. The lowest BCUT2D eigenvalue weighted by molar-refractivity contribution is 0.488. The van der Waals surface area contributed by atoms with E-state index in [4.69, 9.17) is 0 Å². The first-order valence-electron chi connectivity index (χ1n) is 5.59. The largest absolute Gasteiger partial charge is 0.240 e. The van der Waals surface area contributed by atoms with Gasteiger partial charge in [0.2, 0.25) is 10.0 Å². The van der Waals surface area contributed by atoms with Gasteiger partial charge in [0.25, 0.3) is 0 Å². The zero-order chi connectivity index (χ0) is 12.9. The second-order valence-electron chi connectivity index (χ2n) is 4.42. The Hall–Kier alpha value is -0.390. The first kappa shape index (κ1) is 14.7. The predicted molar refractivity (Wildman–Crippen MR) is 73.8 cm³/mol. The lowest BCUT2D eigenvalue weighted by atomic mass is 10.1. The van der Waals surface area contributed by atoms with Crippen molar-refractivity contribution in [3.8, 4) is 0 Å². The maximum absolute atomic E-state index is 12.1. The lowest BCUT2D eigenvalue weighted by Crippen LogP contribution is -2.36. The normalized spacial score (nSPS) is 13.9. The van der Waals surface area contributed by atoms with Crippen molar-refractivity contribution >= 4 is 26.0 Å². The second-order valence-corrected chi connectivity index (χ2v) is 6.78. The van der Waals surface area contributed by atoms with Gasteiger partial charge in [-0.05, 0) is 24.5 Å². The molecule has 0 fully saturated rings. The van der Waals surface area contributed by atoms with Crippen LogP contribution in [0.1, 0.15) is 20.3 Å².